The van der Waals surface area contributed by atoms with Crippen molar-refractivity contribution in [3.8, 4) is 5.75 Å². The summed E-state index contributed by atoms with van der Waals surface area (Å²) >= 11 is 1.37. The molecule has 1 aliphatic rings. The summed E-state index contributed by atoms with van der Waals surface area (Å²) < 4.78 is 81.6. The molecule has 0 saturated heterocycles. The fourth-order valence-corrected chi connectivity index (χ4v) is 3.65. The summed E-state index contributed by atoms with van der Waals surface area (Å²) in [6.45, 7) is 0.773. The quantitative estimate of drug-likeness (QED) is 0.292. The fraction of sp³-hybridized carbons (Fsp3) is 0.304. The zero-order chi connectivity index (χ0) is 24.6. The van der Waals surface area contributed by atoms with E-state index in [4.69, 9.17) is 4.74 Å². The lowest BCUT2D eigenvalue weighted by atomic mass is 10.1. The third-order valence-electron chi connectivity index (χ3n) is 4.67. The minimum atomic E-state index is -4.42. The summed E-state index contributed by atoms with van der Waals surface area (Å²) in [6, 6.07) is 10.6. The average molecular weight is 501 g/mol. The summed E-state index contributed by atoms with van der Waals surface area (Å²) in [4.78, 5) is 8.67. The Morgan fingerprint density at radius 1 is 1.06 bits per heavy atom. The number of hydrogen-bond donors (Lipinski definition) is 1. The zero-order valence-corrected chi connectivity index (χ0v) is 18.6. The smallest absolute Gasteiger partial charge is 0.416 e. The Hall–Kier alpha value is -2.95. The van der Waals surface area contributed by atoms with Gasteiger partial charge in [0.25, 0.3) is 0 Å². The number of aryl methyl sites for hydroxylation is 2. The number of hydrogen-bond acceptors (Lipinski definition) is 5. The second-order valence-electron chi connectivity index (χ2n) is 7.28. The number of rotatable bonds is 6. The Kier molecular flexibility index (Phi) is 9.03. The van der Waals surface area contributed by atoms with Crippen molar-refractivity contribution in [3.63, 3.8) is 0 Å². The number of fused-ring (bicyclic) bond motifs is 1. The van der Waals surface area contributed by atoms with Crippen LogP contribution in [0.1, 0.15) is 29.5 Å². The molecule has 0 aliphatic carbocycles. The van der Waals surface area contributed by atoms with Gasteiger partial charge in [-0.1, -0.05) is 24.3 Å². The lowest BCUT2D eigenvalue weighted by Crippen LogP contribution is -2.08. The fourth-order valence-electron chi connectivity index (χ4n) is 3.03. The van der Waals surface area contributed by atoms with Gasteiger partial charge in [0.05, 0.1) is 24.6 Å². The molecule has 0 spiro atoms. The molecule has 11 heteroatoms. The van der Waals surface area contributed by atoms with Crippen molar-refractivity contribution in [2.24, 2.45) is 0 Å². The van der Waals surface area contributed by atoms with Gasteiger partial charge in [-0.2, -0.15) is 13.2 Å². The molecule has 2 aromatic carbocycles. The molecule has 4 nitrogen and oxygen atoms in total. The van der Waals surface area contributed by atoms with Crippen molar-refractivity contribution in [1.29, 1.82) is 0 Å². The highest BCUT2D eigenvalue weighted by molar-refractivity contribution is 8.00. The normalized spacial score (nSPS) is 12.9. The van der Waals surface area contributed by atoms with Crippen LogP contribution in [0, 0.1) is 5.82 Å². The van der Waals surface area contributed by atoms with Gasteiger partial charge in [0.2, 0.25) is 12.4 Å². The van der Waals surface area contributed by atoms with Crippen LogP contribution in [-0.4, -0.2) is 23.0 Å². The third kappa shape index (κ3) is 8.12. The summed E-state index contributed by atoms with van der Waals surface area (Å²) in [7, 11) is 0. The van der Waals surface area contributed by atoms with Crippen LogP contribution in [0.2, 0.25) is 0 Å². The second-order valence-corrected chi connectivity index (χ2v) is 8.16. The minimum Gasteiger partial charge on any atom is -0.493 e. The Bertz CT molecular complexity index is 1060. The molecule has 0 bridgehead atoms. The van der Waals surface area contributed by atoms with Crippen LogP contribution in [0.3, 0.4) is 0 Å². The van der Waals surface area contributed by atoms with Crippen molar-refractivity contribution in [2.75, 3.05) is 11.3 Å². The summed E-state index contributed by atoms with van der Waals surface area (Å²) in [5.41, 5.74) is 0.730. The molecule has 1 aliphatic heterocycles. The number of ether oxygens (including phenoxy) is 1. The number of alkyl halides is 5. The first-order valence-corrected chi connectivity index (χ1v) is 11.1. The molecular formula is C23H21F6N3OS. The predicted octanol–water partition coefficient (Wildman–Crippen LogP) is 6.96. The van der Waals surface area contributed by atoms with Crippen LogP contribution in [-0.2, 0) is 19.0 Å². The van der Waals surface area contributed by atoms with Crippen molar-refractivity contribution in [1.82, 2.24) is 9.97 Å². The highest BCUT2D eigenvalue weighted by atomic mass is 32.2. The molecule has 1 aromatic heterocycles. The summed E-state index contributed by atoms with van der Waals surface area (Å²) in [5.74, 6) is 0.876. The lowest BCUT2D eigenvalue weighted by Gasteiger charge is -2.17. The van der Waals surface area contributed by atoms with E-state index >= 15 is 0 Å². The molecule has 34 heavy (non-hydrogen) atoms. The molecule has 182 valence electrons. The van der Waals surface area contributed by atoms with E-state index in [-0.39, 0.29) is 12.0 Å². The Morgan fingerprint density at radius 2 is 1.82 bits per heavy atom. The van der Waals surface area contributed by atoms with Gasteiger partial charge in [-0.05, 0) is 60.5 Å². The van der Waals surface area contributed by atoms with Gasteiger partial charge in [-0.15, -0.1) is 0 Å². The highest BCUT2D eigenvalue weighted by Gasteiger charge is 2.30. The SMILES string of the molecule is FC(F)CCc1cccc(C(F)(F)F)c1.Fc1cnc(NSc2ccc3c(c2)OCCC3)nc1. The van der Waals surface area contributed by atoms with E-state index in [0.29, 0.717) is 5.95 Å². The van der Waals surface area contributed by atoms with E-state index in [9.17, 15) is 26.3 Å². The van der Waals surface area contributed by atoms with Crippen molar-refractivity contribution >= 4 is 17.9 Å². The highest BCUT2D eigenvalue weighted by Crippen LogP contribution is 2.31. The molecule has 2 heterocycles. The third-order valence-corrected chi connectivity index (χ3v) is 5.45. The van der Waals surface area contributed by atoms with Gasteiger partial charge in [0, 0.05) is 11.3 Å². The van der Waals surface area contributed by atoms with Gasteiger partial charge in [0.15, 0.2) is 5.82 Å². The largest absolute Gasteiger partial charge is 0.493 e. The van der Waals surface area contributed by atoms with E-state index in [1.54, 1.807) is 0 Å². The first-order valence-electron chi connectivity index (χ1n) is 10.3. The molecule has 0 amide bonds. The standard InChI is InChI=1S/C13H12FN3OS.C10H9F5/c14-10-7-15-13(16-8-10)17-19-11-4-3-9-2-1-5-18-12(9)6-11;11-9(12)5-4-7-2-1-3-8(6-7)10(13,14)15/h3-4,6-8H,1-2,5H2,(H,15,16,17);1-3,6,9H,4-5H2. The van der Waals surface area contributed by atoms with E-state index < -0.39 is 30.4 Å². The topological polar surface area (TPSA) is 47.0 Å². The molecule has 1 N–H and O–H groups in total. The van der Waals surface area contributed by atoms with Crippen LogP contribution < -0.4 is 9.46 Å². The van der Waals surface area contributed by atoms with Crippen LogP contribution in [0.15, 0.2) is 59.8 Å². The second kappa shape index (κ2) is 12.0. The molecule has 3 aromatic rings. The monoisotopic (exact) mass is 501 g/mol. The Labute approximate surface area is 196 Å². The first kappa shape index (κ1) is 25.7. The maximum Gasteiger partial charge on any atom is 0.416 e. The Morgan fingerprint density at radius 3 is 2.53 bits per heavy atom. The van der Waals surface area contributed by atoms with Crippen LogP contribution in [0.25, 0.3) is 0 Å². The Balaban J connectivity index is 0.000000197. The van der Waals surface area contributed by atoms with Crippen LogP contribution in [0.5, 0.6) is 5.75 Å². The number of nitrogens with one attached hydrogen (secondary N) is 1. The van der Waals surface area contributed by atoms with Gasteiger partial charge in [0.1, 0.15) is 5.75 Å². The van der Waals surface area contributed by atoms with Gasteiger partial charge in [-0.3, -0.25) is 4.72 Å². The number of benzene rings is 2. The molecule has 0 saturated carbocycles. The molecular weight excluding hydrogens is 480 g/mol. The first-order chi connectivity index (χ1) is 16.2. The maximum atomic E-state index is 12.7. The van der Waals surface area contributed by atoms with Gasteiger partial charge >= 0.3 is 6.18 Å². The number of halogens is 6. The van der Waals surface area contributed by atoms with Crippen molar-refractivity contribution < 1.29 is 31.1 Å². The molecule has 0 atom stereocenters. The van der Waals surface area contributed by atoms with Crippen LogP contribution >= 0.6 is 11.9 Å². The molecule has 0 fully saturated rings. The van der Waals surface area contributed by atoms with Crippen molar-refractivity contribution in [2.45, 2.75) is 43.2 Å². The minimum absolute atomic E-state index is 0.0401. The number of anilines is 1. The van der Waals surface area contributed by atoms with E-state index in [2.05, 4.69) is 20.8 Å². The van der Waals surface area contributed by atoms with Crippen molar-refractivity contribution in [3.05, 3.63) is 77.4 Å². The van der Waals surface area contributed by atoms with E-state index in [0.717, 1.165) is 54.6 Å². The molecule has 0 radical (unpaired) electrons. The zero-order valence-electron chi connectivity index (χ0n) is 17.8. The summed E-state index contributed by atoms with van der Waals surface area (Å²) in [5, 5.41) is 0. The van der Waals surface area contributed by atoms with E-state index in [1.165, 1.54) is 29.6 Å². The summed E-state index contributed by atoms with van der Waals surface area (Å²) in [6.07, 6.45) is -2.96. The predicted molar refractivity (Wildman–Crippen MR) is 117 cm³/mol. The molecule has 4 rings (SSSR count). The van der Waals surface area contributed by atoms with E-state index in [1.807, 2.05) is 12.1 Å². The van der Waals surface area contributed by atoms with Gasteiger partial charge < -0.3 is 4.74 Å². The number of nitrogens with zero attached hydrogens (tertiary/aromatic N) is 2. The maximum absolute atomic E-state index is 12.7. The lowest BCUT2D eigenvalue weighted by molar-refractivity contribution is -0.137. The molecule has 0 unspecified atom stereocenters. The van der Waals surface area contributed by atoms with Crippen LogP contribution in [0.4, 0.5) is 32.3 Å². The average Bonchev–Trinajstić information content (AvgIpc) is 2.82. The number of aromatic nitrogens is 2. The van der Waals surface area contributed by atoms with Gasteiger partial charge in [-0.25, -0.2) is 23.1 Å².